The highest BCUT2D eigenvalue weighted by Gasteiger charge is 2.23. The Morgan fingerprint density at radius 2 is 1.33 bits per heavy atom. The van der Waals surface area contributed by atoms with Crippen molar-refractivity contribution in [3.05, 3.63) is 71.3 Å². The van der Waals surface area contributed by atoms with E-state index < -0.39 is 0 Å². The molecule has 0 aliphatic carbocycles. The summed E-state index contributed by atoms with van der Waals surface area (Å²) in [4.78, 5) is 2.45. The summed E-state index contributed by atoms with van der Waals surface area (Å²) in [7, 11) is 0. The monoisotopic (exact) mass is 329 g/mol. The van der Waals surface area contributed by atoms with Gasteiger partial charge in [0.1, 0.15) is 11.6 Å². The minimum absolute atomic E-state index is 0.125. The standard InChI is InChI=1S/C20H23F2N2/c1-15(24-12-10-23-11-13-24)14-20(16-2-6-18(21)7-3-16)17-4-8-19(22)9-5-17/h2-9,15,20H,10-14H2,1H3. The molecule has 2 aromatic carbocycles. The lowest BCUT2D eigenvalue weighted by Gasteiger charge is -2.34. The summed E-state index contributed by atoms with van der Waals surface area (Å²) in [5, 5.41) is 4.40. The van der Waals surface area contributed by atoms with Gasteiger partial charge in [0.15, 0.2) is 0 Å². The van der Waals surface area contributed by atoms with Gasteiger partial charge in [0.25, 0.3) is 0 Å². The van der Waals surface area contributed by atoms with E-state index >= 15 is 0 Å². The highest BCUT2D eigenvalue weighted by Crippen LogP contribution is 2.31. The van der Waals surface area contributed by atoms with Gasteiger partial charge in [-0.15, -0.1) is 0 Å². The normalized spacial score (nSPS) is 17.2. The van der Waals surface area contributed by atoms with Crippen molar-refractivity contribution in [1.82, 2.24) is 10.2 Å². The quantitative estimate of drug-likeness (QED) is 0.816. The molecule has 1 radical (unpaired) electrons. The Morgan fingerprint density at radius 3 is 1.79 bits per heavy atom. The van der Waals surface area contributed by atoms with E-state index in [4.69, 9.17) is 0 Å². The van der Waals surface area contributed by atoms with Crippen LogP contribution in [0.1, 0.15) is 30.4 Å². The fourth-order valence-corrected chi connectivity index (χ4v) is 3.41. The van der Waals surface area contributed by atoms with Gasteiger partial charge in [-0.2, -0.15) is 0 Å². The molecule has 4 heteroatoms. The van der Waals surface area contributed by atoms with E-state index in [2.05, 4.69) is 17.1 Å². The molecule has 0 saturated carbocycles. The molecule has 1 saturated heterocycles. The maximum atomic E-state index is 13.3. The summed E-state index contributed by atoms with van der Waals surface area (Å²) in [6, 6.07) is 13.7. The summed E-state index contributed by atoms with van der Waals surface area (Å²) in [6.45, 7) is 5.98. The average molecular weight is 329 g/mol. The van der Waals surface area contributed by atoms with Crippen LogP contribution in [0.3, 0.4) is 0 Å². The molecule has 1 unspecified atom stereocenters. The summed E-state index contributed by atoms with van der Waals surface area (Å²) >= 11 is 0. The number of nitrogens with zero attached hydrogens (tertiary/aromatic N) is 2. The lowest BCUT2D eigenvalue weighted by atomic mass is 9.86. The molecule has 1 aliphatic heterocycles. The second-order valence-electron chi connectivity index (χ2n) is 6.45. The van der Waals surface area contributed by atoms with Gasteiger partial charge in [-0.1, -0.05) is 24.3 Å². The summed E-state index contributed by atoms with van der Waals surface area (Å²) < 4.78 is 26.6. The molecule has 127 valence electrons. The second-order valence-corrected chi connectivity index (χ2v) is 6.45. The SMILES string of the molecule is CC(CC(c1ccc(F)cc1)c1ccc(F)cc1)N1CC[N]CC1. The van der Waals surface area contributed by atoms with Gasteiger partial charge in [-0.25, -0.2) is 14.1 Å². The fraction of sp³-hybridized carbons (Fsp3) is 0.400. The summed E-state index contributed by atoms with van der Waals surface area (Å²) in [6.07, 6.45) is 0.914. The Kier molecular flexibility index (Phi) is 5.59. The highest BCUT2D eigenvalue weighted by molar-refractivity contribution is 5.33. The maximum Gasteiger partial charge on any atom is 0.123 e. The van der Waals surface area contributed by atoms with E-state index in [9.17, 15) is 8.78 Å². The zero-order chi connectivity index (χ0) is 16.9. The van der Waals surface area contributed by atoms with Gasteiger partial charge in [0.05, 0.1) is 0 Å². The zero-order valence-electron chi connectivity index (χ0n) is 14.0. The van der Waals surface area contributed by atoms with Crippen LogP contribution in [0.4, 0.5) is 8.78 Å². The Balaban J connectivity index is 1.83. The lowest BCUT2D eigenvalue weighted by Crippen LogP contribution is -2.45. The Labute approximate surface area is 142 Å². The second kappa shape index (κ2) is 7.86. The van der Waals surface area contributed by atoms with Crippen LogP contribution in [0, 0.1) is 11.6 Å². The molecule has 1 fully saturated rings. The third-order valence-electron chi connectivity index (χ3n) is 4.84. The van der Waals surface area contributed by atoms with Crippen LogP contribution in [0.5, 0.6) is 0 Å². The van der Waals surface area contributed by atoms with Crippen LogP contribution in [-0.2, 0) is 0 Å². The number of hydrogen-bond acceptors (Lipinski definition) is 1. The predicted octanol–water partition coefficient (Wildman–Crippen LogP) is 3.80. The van der Waals surface area contributed by atoms with Crippen molar-refractivity contribution in [1.29, 1.82) is 0 Å². The van der Waals surface area contributed by atoms with Crippen LogP contribution >= 0.6 is 0 Å². The minimum atomic E-state index is -0.234. The van der Waals surface area contributed by atoms with Gasteiger partial charge in [0.2, 0.25) is 0 Å². The van der Waals surface area contributed by atoms with Gasteiger partial charge < -0.3 is 0 Å². The summed E-state index contributed by atoms with van der Waals surface area (Å²) in [5.74, 6) is -0.343. The first-order chi connectivity index (χ1) is 11.6. The van der Waals surface area contributed by atoms with E-state index in [0.717, 1.165) is 43.7 Å². The molecule has 0 amide bonds. The molecule has 0 spiro atoms. The molecule has 24 heavy (non-hydrogen) atoms. The van der Waals surface area contributed by atoms with Crippen LogP contribution < -0.4 is 5.32 Å². The molecule has 1 heterocycles. The van der Waals surface area contributed by atoms with Crippen LogP contribution in [0.2, 0.25) is 0 Å². The molecule has 2 nitrogen and oxygen atoms in total. The summed E-state index contributed by atoms with van der Waals surface area (Å²) in [5.41, 5.74) is 2.13. The van der Waals surface area contributed by atoms with Gasteiger partial charge >= 0.3 is 0 Å². The van der Waals surface area contributed by atoms with Crippen LogP contribution in [0.15, 0.2) is 48.5 Å². The molecule has 0 bridgehead atoms. The van der Waals surface area contributed by atoms with Crippen molar-refractivity contribution in [3.8, 4) is 0 Å². The predicted molar refractivity (Wildman–Crippen MR) is 92.2 cm³/mol. The number of rotatable bonds is 5. The van der Waals surface area contributed by atoms with Crippen molar-refractivity contribution in [2.45, 2.75) is 25.3 Å². The number of halogens is 2. The first kappa shape index (κ1) is 17.1. The number of benzene rings is 2. The van der Waals surface area contributed by atoms with Crippen molar-refractivity contribution >= 4 is 0 Å². The van der Waals surface area contributed by atoms with Crippen LogP contribution in [-0.4, -0.2) is 37.1 Å². The number of hydrogen-bond donors (Lipinski definition) is 0. The van der Waals surface area contributed by atoms with Gasteiger partial charge in [0, 0.05) is 38.1 Å². The Hall–Kier alpha value is -1.78. The average Bonchev–Trinajstić information content (AvgIpc) is 2.62. The Bertz CT molecular complexity index is 588. The largest absolute Gasteiger partial charge is 0.298 e. The van der Waals surface area contributed by atoms with Gasteiger partial charge in [-0.05, 0) is 48.7 Å². The van der Waals surface area contributed by atoms with Crippen molar-refractivity contribution in [3.63, 3.8) is 0 Å². The molecular weight excluding hydrogens is 306 g/mol. The van der Waals surface area contributed by atoms with E-state index in [1.165, 1.54) is 24.3 Å². The van der Waals surface area contributed by atoms with Gasteiger partial charge in [-0.3, -0.25) is 4.90 Å². The lowest BCUT2D eigenvalue weighted by molar-refractivity contribution is 0.171. The molecule has 0 aromatic heterocycles. The molecule has 2 aromatic rings. The van der Waals surface area contributed by atoms with Crippen LogP contribution in [0.25, 0.3) is 0 Å². The zero-order valence-corrected chi connectivity index (χ0v) is 14.0. The molecule has 3 rings (SSSR count). The first-order valence-corrected chi connectivity index (χ1v) is 8.52. The first-order valence-electron chi connectivity index (χ1n) is 8.52. The molecular formula is C20H23F2N2. The highest BCUT2D eigenvalue weighted by atomic mass is 19.1. The van der Waals surface area contributed by atoms with E-state index in [0.29, 0.717) is 6.04 Å². The Morgan fingerprint density at radius 1 is 0.875 bits per heavy atom. The topological polar surface area (TPSA) is 17.3 Å². The molecule has 1 atom stereocenters. The van der Waals surface area contributed by atoms with Crippen molar-refractivity contribution in [2.75, 3.05) is 26.2 Å². The number of piperazine rings is 1. The smallest absolute Gasteiger partial charge is 0.123 e. The third-order valence-corrected chi connectivity index (χ3v) is 4.84. The third kappa shape index (κ3) is 4.19. The van der Waals surface area contributed by atoms with E-state index in [-0.39, 0.29) is 17.6 Å². The van der Waals surface area contributed by atoms with E-state index in [1.54, 1.807) is 0 Å². The van der Waals surface area contributed by atoms with Crippen molar-refractivity contribution in [2.24, 2.45) is 0 Å². The maximum absolute atomic E-state index is 13.3. The fourth-order valence-electron chi connectivity index (χ4n) is 3.41. The van der Waals surface area contributed by atoms with E-state index in [1.807, 2.05) is 24.3 Å². The van der Waals surface area contributed by atoms with Crippen molar-refractivity contribution < 1.29 is 8.78 Å². The molecule has 0 N–H and O–H groups in total. The molecule has 1 aliphatic rings. The minimum Gasteiger partial charge on any atom is -0.298 e.